The van der Waals surface area contributed by atoms with Crippen molar-refractivity contribution in [2.75, 3.05) is 19.2 Å². The molecule has 8 heavy (non-hydrogen) atoms. The van der Waals surface area contributed by atoms with Gasteiger partial charge in [0.2, 0.25) is 0 Å². The summed E-state index contributed by atoms with van der Waals surface area (Å²) in [4.78, 5) is 0. The first-order valence-corrected chi connectivity index (χ1v) is 4.48. The predicted octanol–water partition coefficient (Wildman–Crippen LogP) is 1.59. The Morgan fingerprint density at radius 2 is 2.38 bits per heavy atom. The van der Waals surface area contributed by atoms with Crippen LogP contribution in [0.1, 0.15) is 6.92 Å². The lowest BCUT2D eigenvalue weighted by Crippen LogP contribution is -2.04. The Morgan fingerprint density at radius 3 is 2.75 bits per heavy atom. The molecule has 0 bridgehead atoms. The molecule has 0 saturated heterocycles. The van der Waals surface area contributed by atoms with Gasteiger partial charge in [-0.2, -0.15) is 11.8 Å². The largest absolute Gasteiger partial charge is 0.384 e. The van der Waals surface area contributed by atoms with Gasteiger partial charge in [0.1, 0.15) is 0 Å². The third-order valence-electron chi connectivity index (χ3n) is 0.782. The molecule has 0 heterocycles. The van der Waals surface area contributed by atoms with Gasteiger partial charge >= 0.3 is 0 Å². The molecule has 0 aliphatic rings. The third-order valence-corrected chi connectivity index (χ3v) is 2.26. The van der Waals surface area contributed by atoms with Crippen LogP contribution in [0.2, 0.25) is 0 Å². The van der Waals surface area contributed by atoms with Crippen LogP contribution in [0.4, 0.5) is 0 Å². The molecule has 2 unspecified atom stereocenters. The van der Waals surface area contributed by atoms with Gasteiger partial charge in [0.15, 0.2) is 0 Å². The zero-order chi connectivity index (χ0) is 6.41. The first-order valence-electron chi connectivity index (χ1n) is 2.62. The topological polar surface area (TPSA) is 9.23 Å². The summed E-state index contributed by atoms with van der Waals surface area (Å²) in [5, 5.41) is 0.637. The number of rotatable bonds is 4. The lowest BCUT2D eigenvalue weighted by Gasteiger charge is -2.05. The molecule has 0 rings (SSSR count). The molecule has 50 valence electrons. The second-order valence-corrected chi connectivity index (χ2v) is 4.07. The molecule has 0 aromatic heterocycles. The van der Waals surface area contributed by atoms with Crippen LogP contribution in [0, 0.1) is 0 Å². The highest BCUT2D eigenvalue weighted by molar-refractivity contribution is 8.02. The molecule has 2 atom stereocenters. The Balaban J connectivity index is 2.92. The van der Waals surface area contributed by atoms with Crippen molar-refractivity contribution in [3.05, 3.63) is 0 Å². The van der Waals surface area contributed by atoms with E-state index in [2.05, 4.69) is 16.2 Å². The number of thioether (sulfide) groups is 1. The summed E-state index contributed by atoms with van der Waals surface area (Å²) in [6.45, 7) is 3.03. The zero-order valence-corrected chi connectivity index (χ0v) is 7.36. The monoisotopic (exact) mass is 152 g/mol. The normalized spacial score (nSPS) is 13.9. The lowest BCUT2D eigenvalue weighted by molar-refractivity contribution is 0.203. The van der Waals surface area contributed by atoms with Gasteiger partial charge in [0, 0.05) is 17.9 Å². The van der Waals surface area contributed by atoms with Crippen molar-refractivity contribution in [3.63, 3.8) is 0 Å². The summed E-state index contributed by atoms with van der Waals surface area (Å²) in [7, 11) is 4.42. The van der Waals surface area contributed by atoms with E-state index < -0.39 is 0 Å². The Bertz CT molecular complexity index is 45.7. The molecular formula is C5H13OPS. The minimum Gasteiger partial charge on any atom is -0.384 e. The first-order chi connectivity index (χ1) is 3.81. The maximum absolute atomic E-state index is 4.93. The van der Waals surface area contributed by atoms with Gasteiger partial charge in [0.05, 0.1) is 6.61 Å². The van der Waals surface area contributed by atoms with Crippen LogP contribution >= 0.6 is 21.0 Å². The van der Waals surface area contributed by atoms with Crippen molar-refractivity contribution >= 4 is 21.0 Å². The number of methoxy groups -OCH3 is 1. The van der Waals surface area contributed by atoms with Crippen LogP contribution in [0.25, 0.3) is 0 Å². The molecule has 0 fully saturated rings. The summed E-state index contributed by atoms with van der Waals surface area (Å²) in [5.74, 6) is 0. The smallest absolute Gasteiger partial charge is 0.0578 e. The highest BCUT2D eigenvalue weighted by atomic mass is 32.2. The fourth-order valence-electron chi connectivity index (χ4n) is 0.447. The molecular weight excluding hydrogens is 139 g/mol. The van der Waals surface area contributed by atoms with E-state index in [-0.39, 0.29) is 0 Å². The van der Waals surface area contributed by atoms with E-state index in [1.165, 1.54) is 0 Å². The van der Waals surface area contributed by atoms with E-state index in [0.29, 0.717) is 5.25 Å². The van der Waals surface area contributed by atoms with Crippen LogP contribution in [0.3, 0.4) is 0 Å². The highest BCUT2D eigenvalue weighted by Gasteiger charge is 1.96. The first kappa shape index (κ1) is 8.74. The van der Waals surface area contributed by atoms with Crippen molar-refractivity contribution in [1.82, 2.24) is 0 Å². The number of hydrogen-bond donors (Lipinski definition) is 0. The van der Waals surface area contributed by atoms with Gasteiger partial charge in [-0.1, -0.05) is 6.92 Å². The van der Waals surface area contributed by atoms with Crippen LogP contribution in [0.5, 0.6) is 0 Å². The maximum atomic E-state index is 4.93. The highest BCUT2D eigenvalue weighted by Crippen LogP contribution is 2.12. The summed E-state index contributed by atoms with van der Waals surface area (Å²) in [6.07, 6.45) is 0. The Kier molecular flexibility index (Phi) is 6.41. The van der Waals surface area contributed by atoms with Crippen LogP contribution in [-0.2, 0) is 4.74 Å². The summed E-state index contributed by atoms with van der Waals surface area (Å²) < 4.78 is 4.93. The fraction of sp³-hybridized carbons (Fsp3) is 1.00. The molecule has 0 spiro atoms. The fourth-order valence-corrected chi connectivity index (χ4v) is 1.99. The van der Waals surface area contributed by atoms with Gasteiger partial charge in [-0.15, -0.1) is 9.24 Å². The standard InChI is InChI=1S/C5H13OPS/c1-5(3-6-2)8-4-7/h5H,3-4,7H2,1-2H3. The summed E-state index contributed by atoms with van der Waals surface area (Å²) in [6, 6.07) is 0. The average molecular weight is 152 g/mol. The SMILES string of the molecule is COCC(C)SCP. The van der Waals surface area contributed by atoms with E-state index in [1.54, 1.807) is 7.11 Å². The molecule has 0 aliphatic heterocycles. The van der Waals surface area contributed by atoms with Crippen LogP contribution in [0.15, 0.2) is 0 Å². The van der Waals surface area contributed by atoms with E-state index in [0.717, 1.165) is 12.1 Å². The van der Waals surface area contributed by atoms with Crippen LogP contribution in [-0.4, -0.2) is 24.5 Å². The maximum Gasteiger partial charge on any atom is 0.0578 e. The molecule has 3 heteroatoms. The van der Waals surface area contributed by atoms with Crippen molar-refractivity contribution in [2.45, 2.75) is 12.2 Å². The van der Waals surface area contributed by atoms with Crippen molar-refractivity contribution in [2.24, 2.45) is 0 Å². The predicted molar refractivity (Wildman–Crippen MR) is 43.5 cm³/mol. The van der Waals surface area contributed by atoms with E-state index in [1.807, 2.05) is 11.8 Å². The van der Waals surface area contributed by atoms with Gasteiger partial charge in [-0.05, 0) is 0 Å². The van der Waals surface area contributed by atoms with Crippen LogP contribution < -0.4 is 0 Å². The van der Waals surface area contributed by atoms with Crippen molar-refractivity contribution in [1.29, 1.82) is 0 Å². The van der Waals surface area contributed by atoms with E-state index >= 15 is 0 Å². The molecule has 0 aromatic rings. The van der Waals surface area contributed by atoms with Gasteiger partial charge in [-0.25, -0.2) is 0 Å². The Hall–Kier alpha value is 0.740. The minimum absolute atomic E-state index is 0.637. The molecule has 0 radical (unpaired) electrons. The zero-order valence-electron chi connectivity index (χ0n) is 5.39. The van der Waals surface area contributed by atoms with E-state index in [4.69, 9.17) is 4.74 Å². The summed E-state index contributed by atoms with van der Waals surface area (Å²) >= 11 is 1.89. The Labute approximate surface area is 57.8 Å². The average Bonchev–Trinajstić information content (AvgIpc) is 1.68. The number of ether oxygens (including phenoxy) is 1. The van der Waals surface area contributed by atoms with E-state index in [9.17, 15) is 0 Å². The molecule has 0 saturated carbocycles. The van der Waals surface area contributed by atoms with Gasteiger partial charge < -0.3 is 4.74 Å². The molecule has 0 amide bonds. The third kappa shape index (κ3) is 4.89. The number of hydrogen-bond acceptors (Lipinski definition) is 2. The quantitative estimate of drug-likeness (QED) is 0.566. The molecule has 0 N–H and O–H groups in total. The Morgan fingerprint density at radius 1 is 1.75 bits per heavy atom. The second-order valence-electron chi connectivity index (χ2n) is 1.60. The van der Waals surface area contributed by atoms with Gasteiger partial charge in [-0.3, -0.25) is 0 Å². The second kappa shape index (κ2) is 5.87. The summed E-state index contributed by atoms with van der Waals surface area (Å²) in [5.41, 5.74) is 1.10. The lowest BCUT2D eigenvalue weighted by atomic mass is 10.5. The molecule has 1 nitrogen and oxygen atoms in total. The minimum atomic E-state index is 0.637. The van der Waals surface area contributed by atoms with Gasteiger partial charge in [0.25, 0.3) is 0 Å². The van der Waals surface area contributed by atoms with Crippen molar-refractivity contribution < 1.29 is 4.74 Å². The molecule has 0 aliphatic carbocycles. The van der Waals surface area contributed by atoms with Crippen molar-refractivity contribution in [3.8, 4) is 0 Å². The molecule has 0 aromatic carbocycles.